The minimum Gasteiger partial charge on any atom is -0.467 e. The fraction of sp³-hybridized carbons (Fsp3) is 0.111. The van der Waals surface area contributed by atoms with Gasteiger partial charge >= 0.3 is 0 Å². The highest BCUT2D eigenvalue weighted by Gasteiger charge is 2.12. The molecule has 0 N–H and O–H groups in total. The van der Waals surface area contributed by atoms with Gasteiger partial charge in [-0.2, -0.15) is 0 Å². The molecule has 0 aliphatic carbocycles. The molecule has 0 spiro atoms. The molecule has 4 aromatic rings. The maximum absolute atomic E-state index is 12.8. The molecular weight excluding hydrogens is 308 g/mol. The van der Waals surface area contributed by atoms with Crippen molar-refractivity contribution in [2.24, 2.45) is 0 Å². The lowest BCUT2D eigenvalue weighted by molar-refractivity contribution is 0.0512. The lowest BCUT2D eigenvalue weighted by atomic mass is 10.2. The fourth-order valence-corrected chi connectivity index (χ4v) is 2.63. The highest BCUT2D eigenvalue weighted by molar-refractivity contribution is 5.82. The van der Waals surface area contributed by atoms with E-state index in [0.29, 0.717) is 22.4 Å². The maximum atomic E-state index is 12.8. The molecule has 24 heavy (non-hydrogen) atoms. The van der Waals surface area contributed by atoms with E-state index in [9.17, 15) is 4.79 Å². The van der Waals surface area contributed by atoms with Gasteiger partial charge in [0.15, 0.2) is 6.79 Å². The van der Waals surface area contributed by atoms with Gasteiger partial charge < -0.3 is 13.9 Å². The molecule has 0 saturated heterocycles. The molecule has 0 amide bonds. The number of hydrogen-bond acceptors (Lipinski definition) is 5. The Bertz CT molecular complexity index is 1080. The second-order valence-electron chi connectivity index (χ2n) is 5.26. The summed E-state index contributed by atoms with van der Waals surface area (Å²) in [4.78, 5) is 17.1. The monoisotopic (exact) mass is 322 g/mol. The third-order valence-electron chi connectivity index (χ3n) is 3.78. The first-order valence-electron chi connectivity index (χ1n) is 7.37. The molecule has 0 atom stereocenters. The van der Waals surface area contributed by atoms with Gasteiger partial charge in [-0.15, -0.1) is 0 Å². The third kappa shape index (κ3) is 2.33. The van der Waals surface area contributed by atoms with E-state index < -0.39 is 0 Å². The zero-order chi connectivity index (χ0) is 16.5. The molecule has 0 unspecified atom stereocenters. The number of nitrogens with zero attached hydrogens (tertiary/aromatic N) is 2. The molecule has 2 aromatic carbocycles. The Hall–Kier alpha value is -3.12. The molecule has 4 rings (SSSR count). The van der Waals surface area contributed by atoms with Crippen LogP contribution in [0.5, 0.6) is 5.75 Å². The molecule has 0 bridgehead atoms. The summed E-state index contributed by atoms with van der Waals surface area (Å²) in [5.41, 5.74) is 2.42. The fourth-order valence-electron chi connectivity index (χ4n) is 2.63. The second kappa shape index (κ2) is 5.82. The predicted octanol–water partition coefficient (Wildman–Crippen LogP) is 3.11. The van der Waals surface area contributed by atoms with E-state index in [2.05, 4.69) is 4.98 Å². The van der Waals surface area contributed by atoms with E-state index in [1.165, 1.54) is 6.26 Å². The third-order valence-corrected chi connectivity index (χ3v) is 3.78. The van der Waals surface area contributed by atoms with Crippen LogP contribution in [0.1, 0.15) is 0 Å². The van der Waals surface area contributed by atoms with Gasteiger partial charge in [-0.25, -0.2) is 4.98 Å². The second-order valence-corrected chi connectivity index (χ2v) is 5.26. The van der Waals surface area contributed by atoms with Crippen LogP contribution in [0.3, 0.4) is 0 Å². The van der Waals surface area contributed by atoms with Gasteiger partial charge in [0.2, 0.25) is 5.43 Å². The number of imidazole rings is 1. The van der Waals surface area contributed by atoms with Crippen molar-refractivity contribution in [2.75, 3.05) is 13.9 Å². The zero-order valence-corrected chi connectivity index (χ0v) is 12.9. The van der Waals surface area contributed by atoms with Crippen LogP contribution in [0.2, 0.25) is 0 Å². The molecule has 120 valence electrons. The van der Waals surface area contributed by atoms with E-state index >= 15 is 0 Å². The summed E-state index contributed by atoms with van der Waals surface area (Å²) < 4.78 is 17.6. The lowest BCUT2D eigenvalue weighted by Gasteiger charge is -2.07. The molecule has 2 aromatic heterocycles. The van der Waals surface area contributed by atoms with Gasteiger partial charge in [0.1, 0.15) is 29.6 Å². The van der Waals surface area contributed by atoms with Crippen LogP contribution in [0.15, 0.2) is 64.3 Å². The van der Waals surface area contributed by atoms with Crippen LogP contribution >= 0.6 is 0 Å². The highest BCUT2D eigenvalue weighted by Crippen LogP contribution is 2.22. The Balaban J connectivity index is 1.86. The van der Waals surface area contributed by atoms with Crippen molar-refractivity contribution in [1.82, 2.24) is 9.55 Å². The van der Waals surface area contributed by atoms with Crippen LogP contribution in [0.25, 0.3) is 27.7 Å². The summed E-state index contributed by atoms with van der Waals surface area (Å²) >= 11 is 0. The SMILES string of the molecule is COCOc1ccc2c(=O)c(-n3cnc4ccccc43)coc2c1. The number of aromatic nitrogens is 2. The summed E-state index contributed by atoms with van der Waals surface area (Å²) in [6.07, 6.45) is 3.07. The summed E-state index contributed by atoms with van der Waals surface area (Å²) in [5.74, 6) is 0.577. The average molecular weight is 322 g/mol. The normalized spacial score (nSPS) is 11.2. The van der Waals surface area contributed by atoms with Crippen molar-refractivity contribution < 1.29 is 13.9 Å². The number of fused-ring (bicyclic) bond motifs is 2. The van der Waals surface area contributed by atoms with Crippen LogP contribution in [0, 0.1) is 0 Å². The molecule has 2 heterocycles. The smallest absolute Gasteiger partial charge is 0.216 e. The van der Waals surface area contributed by atoms with Crippen molar-refractivity contribution in [1.29, 1.82) is 0 Å². The first-order chi connectivity index (χ1) is 11.8. The minimum atomic E-state index is -0.127. The topological polar surface area (TPSA) is 66.5 Å². The number of para-hydroxylation sites is 2. The maximum Gasteiger partial charge on any atom is 0.216 e. The van der Waals surface area contributed by atoms with Gasteiger partial charge in [0, 0.05) is 13.2 Å². The van der Waals surface area contributed by atoms with Gasteiger partial charge in [0.05, 0.1) is 16.4 Å². The number of benzene rings is 2. The Labute approximate surface area is 136 Å². The van der Waals surface area contributed by atoms with Crippen LogP contribution in [-0.2, 0) is 4.74 Å². The Kier molecular flexibility index (Phi) is 3.51. The van der Waals surface area contributed by atoms with Crippen LogP contribution in [0.4, 0.5) is 0 Å². The summed E-state index contributed by atoms with van der Waals surface area (Å²) in [5, 5.41) is 0.482. The molecule has 0 fully saturated rings. The molecule has 6 heteroatoms. The zero-order valence-electron chi connectivity index (χ0n) is 12.9. The molecule has 0 aliphatic rings. The highest BCUT2D eigenvalue weighted by atomic mass is 16.7. The van der Waals surface area contributed by atoms with Gasteiger partial charge in [0.25, 0.3) is 0 Å². The van der Waals surface area contributed by atoms with E-state index in [4.69, 9.17) is 13.9 Å². The van der Waals surface area contributed by atoms with Crippen molar-refractivity contribution in [3.05, 3.63) is 65.3 Å². The molecule has 0 radical (unpaired) electrons. The number of rotatable bonds is 4. The summed E-state index contributed by atoms with van der Waals surface area (Å²) in [6, 6.07) is 12.7. The first-order valence-corrected chi connectivity index (χ1v) is 7.37. The number of ether oxygens (including phenoxy) is 2. The molecule has 0 saturated carbocycles. The average Bonchev–Trinajstić information content (AvgIpc) is 3.04. The Morgan fingerprint density at radius 1 is 1.21 bits per heavy atom. The quantitative estimate of drug-likeness (QED) is 0.540. The van der Waals surface area contributed by atoms with Gasteiger partial charge in [-0.05, 0) is 24.3 Å². The summed E-state index contributed by atoms with van der Waals surface area (Å²) in [6.45, 7) is 0.134. The lowest BCUT2D eigenvalue weighted by Crippen LogP contribution is -2.10. The predicted molar refractivity (Wildman–Crippen MR) is 89.6 cm³/mol. The van der Waals surface area contributed by atoms with E-state index in [0.717, 1.165) is 11.0 Å². The molecule has 0 aliphatic heterocycles. The van der Waals surface area contributed by atoms with E-state index in [-0.39, 0.29) is 12.2 Å². The minimum absolute atomic E-state index is 0.127. The Morgan fingerprint density at radius 2 is 2.08 bits per heavy atom. The van der Waals surface area contributed by atoms with Crippen molar-refractivity contribution in [2.45, 2.75) is 0 Å². The summed E-state index contributed by atoms with van der Waals surface area (Å²) in [7, 11) is 1.54. The van der Waals surface area contributed by atoms with Crippen molar-refractivity contribution >= 4 is 22.0 Å². The van der Waals surface area contributed by atoms with Gasteiger partial charge in [-0.1, -0.05) is 12.1 Å². The van der Waals surface area contributed by atoms with Crippen LogP contribution in [-0.4, -0.2) is 23.5 Å². The Morgan fingerprint density at radius 3 is 2.96 bits per heavy atom. The van der Waals surface area contributed by atoms with E-state index in [1.54, 1.807) is 36.2 Å². The standard InChI is InChI=1S/C18H14N2O4/c1-22-11-24-12-6-7-13-17(8-12)23-9-16(18(13)21)20-10-19-14-4-2-3-5-15(14)20/h2-10H,11H2,1H3. The van der Waals surface area contributed by atoms with Crippen molar-refractivity contribution in [3.8, 4) is 11.4 Å². The first kappa shape index (κ1) is 14.5. The largest absolute Gasteiger partial charge is 0.467 e. The molecule has 6 nitrogen and oxygen atoms in total. The molecular formula is C18H14N2O4. The number of hydrogen-bond donors (Lipinski definition) is 0. The van der Waals surface area contributed by atoms with Crippen molar-refractivity contribution in [3.63, 3.8) is 0 Å². The van der Waals surface area contributed by atoms with Gasteiger partial charge in [-0.3, -0.25) is 9.36 Å². The number of methoxy groups -OCH3 is 1. The van der Waals surface area contributed by atoms with E-state index in [1.807, 2.05) is 24.3 Å². The van der Waals surface area contributed by atoms with Crippen LogP contribution < -0.4 is 10.2 Å².